The van der Waals surface area contributed by atoms with E-state index in [1.807, 2.05) is 18.2 Å². The van der Waals surface area contributed by atoms with Crippen LogP contribution >= 0.6 is 22.9 Å². The van der Waals surface area contributed by atoms with Crippen molar-refractivity contribution in [2.24, 2.45) is 0 Å². The summed E-state index contributed by atoms with van der Waals surface area (Å²) in [5.74, 6) is 0.0755. The van der Waals surface area contributed by atoms with Gasteiger partial charge in [0.15, 0.2) is 10.9 Å². The summed E-state index contributed by atoms with van der Waals surface area (Å²) in [5, 5.41) is 4.60. The Morgan fingerprint density at radius 2 is 1.82 bits per heavy atom. The highest BCUT2D eigenvalue weighted by atomic mass is 35.5. The van der Waals surface area contributed by atoms with Gasteiger partial charge in [0.2, 0.25) is 0 Å². The van der Waals surface area contributed by atoms with Crippen LogP contribution in [-0.2, 0) is 13.0 Å². The van der Waals surface area contributed by atoms with Crippen LogP contribution in [0, 0.1) is 5.82 Å². The third kappa shape index (κ3) is 4.81. The van der Waals surface area contributed by atoms with Crippen molar-refractivity contribution in [1.82, 2.24) is 4.98 Å². The number of nitrogens with one attached hydrogen (secondary N) is 1. The van der Waals surface area contributed by atoms with Crippen LogP contribution in [0.2, 0.25) is 5.02 Å². The Balaban J connectivity index is 1.36. The Kier molecular flexibility index (Phi) is 6.29. The molecule has 5 nitrogen and oxygen atoms in total. The van der Waals surface area contributed by atoms with E-state index in [4.69, 9.17) is 20.8 Å². The second-order valence-electron chi connectivity index (χ2n) is 7.50. The second kappa shape index (κ2) is 9.67. The third-order valence-corrected chi connectivity index (χ3v) is 6.36. The van der Waals surface area contributed by atoms with Crippen molar-refractivity contribution >= 4 is 44.9 Å². The van der Waals surface area contributed by atoms with Crippen molar-refractivity contribution in [2.45, 2.75) is 13.0 Å². The third-order valence-electron chi connectivity index (χ3n) is 5.20. The Hall–Kier alpha value is -3.68. The topological polar surface area (TPSA) is 64.4 Å². The van der Waals surface area contributed by atoms with Gasteiger partial charge in [0.1, 0.15) is 23.8 Å². The van der Waals surface area contributed by atoms with Crippen LogP contribution in [0.5, 0.6) is 5.75 Å². The fraction of sp³-hybridized carbons (Fsp3) is 0.0769. The molecule has 5 aromatic rings. The highest BCUT2D eigenvalue weighted by Gasteiger charge is 2.22. The first-order valence-corrected chi connectivity index (χ1v) is 11.6. The maximum atomic E-state index is 14.0. The molecule has 0 fully saturated rings. The molecule has 34 heavy (non-hydrogen) atoms. The summed E-state index contributed by atoms with van der Waals surface area (Å²) in [5.41, 5.74) is 1.79. The van der Waals surface area contributed by atoms with Crippen LogP contribution in [0.25, 0.3) is 11.0 Å². The summed E-state index contributed by atoms with van der Waals surface area (Å²) < 4.78 is 25.7. The number of para-hydroxylation sites is 1. The number of carbonyl (C=O) groups excluding carboxylic acids is 1. The molecule has 0 unspecified atom stereocenters. The van der Waals surface area contributed by atoms with Gasteiger partial charge in [0.05, 0.1) is 0 Å². The van der Waals surface area contributed by atoms with E-state index < -0.39 is 5.91 Å². The fourth-order valence-electron chi connectivity index (χ4n) is 3.54. The molecule has 1 N–H and O–H groups in total. The van der Waals surface area contributed by atoms with Crippen molar-refractivity contribution in [1.29, 1.82) is 0 Å². The second-order valence-corrected chi connectivity index (χ2v) is 9.05. The summed E-state index contributed by atoms with van der Waals surface area (Å²) in [7, 11) is 0. The first-order chi connectivity index (χ1) is 16.6. The van der Waals surface area contributed by atoms with Gasteiger partial charge >= 0.3 is 0 Å². The van der Waals surface area contributed by atoms with Crippen LogP contribution in [0.3, 0.4) is 0 Å². The van der Waals surface area contributed by atoms with Gasteiger partial charge in [0.25, 0.3) is 5.91 Å². The summed E-state index contributed by atoms with van der Waals surface area (Å²) in [6, 6.07) is 21.0. The van der Waals surface area contributed by atoms with E-state index in [0.29, 0.717) is 39.0 Å². The smallest absolute Gasteiger partial charge is 0.293 e. The summed E-state index contributed by atoms with van der Waals surface area (Å²) in [6.45, 7) is 0.137. The summed E-state index contributed by atoms with van der Waals surface area (Å²) >= 11 is 7.23. The molecule has 0 atom stereocenters. The van der Waals surface area contributed by atoms with Gasteiger partial charge in [-0.15, -0.1) is 11.3 Å². The van der Waals surface area contributed by atoms with Gasteiger partial charge in [-0.2, -0.15) is 0 Å². The largest absolute Gasteiger partial charge is 0.489 e. The molecular formula is C26H18ClFN2O3S. The molecule has 8 heteroatoms. The summed E-state index contributed by atoms with van der Waals surface area (Å²) in [6.07, 6.45) is 2.03. The molecule has 5 rings (SSSR count). The molecule has 0 radical (unpaired) electrons. The van der Waals surface area contributed by atoms with Crippen molar-refractivity contribution in [3.63, 3.8) is 0 Å². The molecule has 0 bridgehead atoms. The number of nitrogens with zero attached hydrogens (tertiary/aromatic N) is 1. The molecule has 2 aromatic heterocycles. The van der Waals surface area contributed by atoms with Gasteiger partial charge in [-0.25, -0.2) is 9.37 Å². The predicted molar refractivity (Wildman–Crippen MR) is 131 cm³/mol. The monoisotopic (exact) mass is 492 g/mol. The van der Waals surface area contributed by atoms with Gasteiger partial charge in [0, 0.05) is 33.5 Å². The molecule has 0 aliphatic heterocycles. The number of hydrogen-bond acceptors (Lipinski definition) is 5. The average Bonchev–Trinajstić information content (AvgIpc) is 3.44. The van der Waals surface area contributed by atoms with Crippen LogP contribution in [-0.4, -0.2) is 10.9 Å². The van der Waals surface area contributed by atoms with E-state index in [1.165, 1.54) is 17.4 Å². The Bertz CT molecular complexity index is 1460. The normalized spacial score (nSPS) is 11.0. The zero-order chi connectivity index (χ0) is 23.5. The molecule has 0 saturated carbocycles. The van der Waals surface area contributed by atoms with E-state index in [9.17, 15) is 9.18 Å². The van der Waals surface area contributed by atoms with Crippen LogP contribution in [0.1, 0.15) is 26.6 Å². The van der Waals surface area contributed by atoms with E-state index >= 15 is 0 Å². The number of halogens is 2. The Morgan fingerprint density at radius 3 is 2.65 bits per heavy atom. The first-order valence-electron chi connectivity index (χ1n) is 10.4. The minimum Gasteiger partial charge on any atom is -0.489 e. The first kappa shape index (κ1) is 22.1. The maximum absolute atomic E-state index is 14.0. The number of thiazole rings is 1. The van der Waals surface area contributed by atoms with Crippen molar-refractivity contribution < 1.29 is 18.3 Å². The number of fused-ring (bicyclic) bond motifs is 1. The molecular weight excluding hydrogens is 475 g/mol. The average molecular weight is 493 g/mol. The number of rotatable bonds is 7. The van der Waals surface area contributed by atoms with Gasteiger partial charge in [-0.05, 0) is 42.0 Å². The van der Waals surface area contributed by atoms with Crippen molar-refractivity contribution in [3.8, 4) is 5.75 Å². The van der Waals surface area contributed by atoms with E-state index in [0.717, 1.165) is 10.3 Å². The molecule has 3 aromatic carbocycles. The van der Waals surface area contributed by atoms with E-state index in [1.54, 1.807) is 54.7 Å². The number of ether oxygens (including phenoxy) is 1. The summed E-state index contributed by atoms with van der Waals surface area (Å²) in [4.78, 5) is 18.2. The lowest BCUT2D eigenvalue weighted by Gasteiger charge is -2.07. The van der Waals surface area contributed by atoms with Crippen LogP contribution in [0.15, 0.2) is 83.4 Å². The number of carbonyl (C=O) groups is 1. The standard InChI is InChI=1S/C26H18ClFN2O3S/c27-17-9-11-18(12-10-17)32-15-21-20-6-2-4-8-23(20)33-24(21)25(31)30-26-29-14-19(34-26)13-16-5-1-3-7-22(16)28/h1-12,14H,13,15H2,(H,29,30,31). The lowest BCUT2D eigenvalue weighted by atomic mass is 10.1. The molecule has 170 valence electrons. The molecule has 0 aliphatic rings. The minimum absolute atomic E-state index is 0.137. The van der Waals surface area contributed by atoms with Crippen LogP contribution < -0.4 is 10.1 Å². The number of aromatic nitrogens is 1. The SMILES string of the molecule is O=C(Nc1ncc(Cc2ccccc2F)s1)c1oc2ccccc2c1COc1ccc(Cl)cc1. The highest BCUT2D eigenvalue weighted by Crippen LogP contribution is 2.29. The van der Waals surface area contributed by atoms with E-state index in [-0.39, 0.29) is 18.2 Å². The molecule has 0 spiro atoms. The number of benzene rings is 3. The highest BCUT2D eigenvalue weighted by molar-refractivity contribution is 7.15. The van der Waals surface area contributed by atoms with Gasteiger partial charge in [-0.1, -0.05) is 48.0 Å². The Morgan fingerprint density at radius 1 is 1.06 bits per heavy atom. The zero-order valence-electron chi connectivity index (χ0n) is 17.8. The molecule has 0 aliphatic carbocycles. The molecule has 1 amide bonds. The zero-order valence-corrected chi connectivity index (χ0v) is 19.3. The van der Waals surface area contributed by atoms with E-state index in [2.05, 4.69) is 10.3 Å². The minimum atomic E-state index is -0.433. The lowest BCUT2D eigenvalue weighted by molar-refractivity contribution is 0.0995. The molecule has 2 heterocycles. The predicted octanol–water partition coefficient (Wildman–Crippen LogP) is 7.10. The van der Waals surface area contributed by atoms with Gasteiger partial charge < -0.3 is 9.15 Å². The number of furan rings is 1. The van der Waals surface area contributed by atoms with Crippen molar-refractivity contribution in [2.75, 3.05) is 5.32 Å². The molecule has 0 saturated heterocycles. The number of amides is 1. The quantitative estimate of drug-likeness (QED) is 0.263. The Labute approximate surface area is 203 Å². The number of hydrogen-bond donors (Lipinski definition) is 1. The van der Waals surface area contributed by atoms with Gasteiger partial charge in [-0.3, -0.25) is 10.1 Å². The maximum Gasteiger partial charge on any atom is 0.293 e. The number of anilines is 1. The lowest BCUT2D eigenvalue weighted by Crippen LogP contribution is -2.13. The fourth-order valence-corrected chi connectivity index (χ4v) is 4.50. The van der Waals surface area contributed by atoms with Crippen LogP contribution in [0.4, 0.5) is 9.52 Å². The van der Waals surface area contributed by atoms with Crippen molar-refractivity contribution in [3.05, 3.63) is 112 Å².